The molecule has 0 heterocycles. The van der Waals surface area contributed by atoms with Gasteiger partial charge in [-0.2, -0.15) is 0 Å². The molecule has 0 N–H and O–H groups in total. The Morgan fingerprint density at radius 1 is 0.357 bits per heavy atom. The molecule has 0 rings (SSSR count). The van der Waals surface area contributed by atoms with Crippen molar-refractivity contribution in [3.05, 3.63) is 39.4 Å². The van der Waals surface area contributed by atoms with E-state index in [9.17, 15) is 0 Å². The van der Waals surface area contributed by atoms with Crippen LogP contribution in [0.25, 0.3) is 0 Å². The molecule has 8 heteroatoms. The van der Waals surface area contributed by atoms with Crippen LogP contribution in [0.5, 0.6) is 0 Å². The first-order valence-corrected chi connectivity index (χ1v) is 1.34. The van der Waals surface area contributed by atoms with Crippen molar-refractivity contribution >= 4 is 51.4 Å². The van der Waals surface area contributed by atoms with Crippen molar-refractivity contribution < 1.29 is 16.8 Å². The van der Waals surface area contributed by atoms with Crippen molar-refractivity contribution in [1.29, 1.82) is 31.6 Å². The molecule has 0 aromatic heterocycles. The second-order valence-corrected chi connectivity index (χ2v) is 0. The molecule has 0 unspecified atom stereocenters. The van der Waals surface area contributed by atoms with Gasteiger partial charge in [0.15, 0.2) is 0 Å². The molecule has 0 aromatic carbocycles. The minimum absolute atomic E-state index is 0. The monoisotopic (exact) mass is 254 g/mol. The zero-order valence-electron chi connectivity index (χ0n) is 7.02. The molecule has 2 radical (unpaired) electrons. The van der Waals surface area contributed by atoms with E-state index in [1.807, 2.05) is 0 Å². The van der Waals surface area contributed by atoms with Crippen molar-refractivity contribution in [2.75, 3.05) is 0 Å². The smallest absolute Gasteiger partial charge is 0 e. The Hall–Kier alpha value is -0.917. The summed E-state index contributed by atoms with van der Waals surface area (Å²) >= 11 is 0. The molecule has 0 aromatic rings. The summed E-state index contributed by atoms with van der Waals surface area (Å²) in [6.45, 7) is 28.5. The minimum atomic E-state index is 0. The van der Waals surface area contributed by atoms with E-state index < -0.39 is 0 Å². The maximum atomic E-state index is 6.25. The zero-order chi connectivity index (χ0) is 12.0. The van der Waals surface area contributed by atoms with Crippen LogP contribution in [0.4, 0.5) is 0 Å². The maximum absolute atomic E-state index is 6.25. The van der Waals surface area contributed by atoms with Gasteiger partial charge in [0.1, 0.15) is 0 Å². The Balaban J connectivity index is -0.00000000500. The van der Waals surface area contributed by atoms with E-state index in [1.54, 1.807) is 0 Å². The number of hydrogen-bond donors (Lipinski definition) is 0. The molecule has 0 bridgehead atoms. The molecule has 0 saturated heterocycles. The maximum Gasteiger partial charge on any atom is 0 e. The van der Waals surface area contributed by atoms with Crippen LogP contribution < -0.4 is 0 Å². The topological polar surface area (TPSA) is 143 Å². The summed E-state index contributed by atoms with van der Waals surface area (Å²) in [5.41, 5.74) is 0. The van der Waals surface area contributed by atoms with Gasteiger partial charge in [0, 0.05) is 68.2 Å². The van der Waals surface area contributed by atoms with Crippen LogP contribution in [0.3, 0.4) is 0 Å². The van der Waals surface area contributed by atoms with Crippen LogP contribution >= 0.6 is 0 Å². The van der Waals surface area contributed by atoms with Gasteiger partial charge in [-0.15, -0.1) is 0 Å². The third kappa shape index (κ3) is 1340. The van der Waals surface area contributed by atoms with Gasteiger partial charge in [0.05, 0.1) is 0 Å². The number of hydrogen-bond acceptors (Lipinski definition) is 6. The molecular weight excluding hydrogens is 254 g/mol. The Labute approximate surface area is 137 Å². The quantitative estimate of drug-likeness (QED) is 0.446. The van der Waals surface area contributed by atoms with Gasteiger partial charge in [-0.3, -0.25) is 0 Å². The van der Waals surface area contributed by atoms with E-state index in [1.165, 1.54) is 0 Å². The second-order valence-electron chi connectivity index (χ2n) is 0. The minimum Gasteiger partial charge on any atom is -0.512 e. The van der Waals surface area contributed by atoms with Gasteiger partial charge < -0.3 is 71.0 Å². The Morgan fingerprint density at radius 2 is 0.357 bits per heavy atom. The molecule has 0 aliphatic carbocycles. The molecule has 70 valence electrons. The van der Waals surface area contributed by atoms with E-state index >= 15 is 0 Å². The van der Waals surface area contributed by atoms with Gasteiger partial charge in [0.2, 0.25) is 0 Å². The van der Waals surface area contributed by atoms with Crippen molar-refractivity contribution in [2.24, 2.45) is 0 Å². The summed E-state index contributed by atoms with van der Waals surface area (Å²) in [6.07, 6.45) is 0. The summed E-state index contributed by atoms with van der Waals surface area (Å²) in [5, 5.41) is 37.5. The molecule has 0 spiro atoms. The fourth-order valence-corrected chi connectivity index (χ4v) is 0. The standard InChI is InChI=1S/6CN.Co.K/c6*1-2;;/q6*-1;;. The third-order valence-electron chi connectivity index (χ3n) is 0. The van der Waals surface area contributed by atoms with Crippen LogP contribution in [0.1, 0.15) is 0 Å². The molecule has 0 aliphatic heterocycles. The summed E-state index contributed by atoms with van der Waals surface area (Å²) in [5.74, 6) is 0. The first-order valence-electron chi connectivity index (χ1n) is 1.34. The molecule has 0 saturated carbocycles. The third-order valence-corrected chi connectivity index (χ3v) is 0. The van der Waals surface area contributed by atoms with Crippen molar-refractivity contribution in [3.63, 3.8) is 0 Å². The number of rotatable bonds is 0. The van der Waals surface area contributed by atoms with Gasteiger partial charge in [-0.05, 0) is 0 Å². The first kappa shape index (κ1) is 73.9. The van der Waals surface area contributed by atoms with E-state index in [2.05, 4.69) is 0 Å². The molecule has 0 aliphatic rings. The predicted molar refractivity (Wildman–Crippen MR) is 35.6 cm³/mol. The molecule has 0 amide bonds. The molecular formula is C6CoKN6-6. The van der Waals surface area contributed by atoms with Gasteiger partial charge in [0.25, 0.3) is 0 Å². The van der Waals surface area contributed by atoms with Crippen molar-refractivity contribution in [1.82, 2.24) is 0 Å². The molecule has 6 nitrogen and oxygen atoms in total. The average molecular weight is 254 g/mol. The second kappa shape index (κ2) is 1760. The Kier molecular flexibility index (Phi) is 9320. The fraction of sp³-hybridized carbons (Fsp3) is 0. The van der Waals surface area contributed by atoms with Crippen LogP contribution in [-0.2, 0) is 16.8 Å². The largest absolute Gasteiger partial charge is 0.512 e. The van der Waals surface area contributed by atoms with E-state index in [0.29, 0.717) is 0 Å². The average Bonchev–Trinajstić information content (AvgIpc) is 2.33. The predicted octanol–water partition coefficient (Wildman–Crippen LogP) is 0.195. The van der Waals surface area contributed by atoms with Gasteiger partial charge in [-0.1, -0.05) is 0 Å². The molecule has 14 heavy (non-hydrogen) atoms. The van der Waals surface area contributed by atoms with E-state index in [-0.39, 0.29) is 68.2 Å². The van der Waals surface area contributed by atoms with Gasteiger partial charge in [-0.25, -0.2) is 0 Å². The number of nitrogens with zero attached hydrogens (tertiary/aromatic N) is 6. The normalized spacial score (nSPS) is 0.857. The van der Waals surface area contributed by atoms with Crippen molar-refractivity contribution in [2.45, 2.75) is 0 Å². The van der Waals surface area contributed by atoms with Crippen LogP contribution in [0, 0.1) is 71.0 Å². The van der Waals surface area contributed by atoms with Gasteiger partial charge >= 0.3 is 0 Å². The SMILES string of the molecule is [C-]#N.[C-]#N.[C-]#N.[C-]#N.[C-]#N.[C-]#N.[Co].[K]. The van der Waals surface area contributed by atoms with Crippen LogP contribution in [-0.4, -0.2) is 51.4 Å². The summed E-state index contributed by atoms with van der Waals surface area (Å²) < 4.78 is 0. The summed E-state index contributed by atoms with van der Waals surface area (Å²) in [7, 11) is 0. The van der Waals surface area contributed by atoms with Crippen LogP contribution in [0.2, 0.25) is 0 Å². The first-order chi connectivity index (χ1) is 6.00. The Bertz CT molecular complexity index is 97.3. The summed E-state index contributed by atoms with van der Waals surface area (Å²) in [4.78, 5) is 0. The molecule has 0 atom stereocenters. The summed E-state index contributed by atoms with van der Waals surface area (Å²) in [6, 6.07) is 0. The van der Waals surface area contributed by atoms with E-state index in [4.69, 9.17) is 71.0 Å². The van der Waals surface area contributed by atoms with E-state index in [0.717, 1.165) is 0 Å². The fourth-order valence-electron chi connectivity index (χ4n) is 0. The Morgan fingerprint density at radius 3 is 0.357 bits per heavy atom. The molecule has 0 fully saturated rings. The van der Waals surface area contributed by atoms with Crippen LogP contribution in [0.15, 0.2) is 0 Å². The zero-order valence-corrected chi connectivity index (χ0v) is 11.2. The van der Waals surface area contributed by atoms with Crippen molar-refractivity contribution in [3.8, 4) is 0 Å².